The van der Waals surface area contributed by atoms with Gasteiger partial charge < -0.3 is 9.52 Å². The van der Waals surface area contributed by atoms with Crippen molar-refractivity contribution in [3.05, 3.63) is 46.0 Å². The number of carbonyl (C=O) groups is 1. The van der Waals surface area contributed by atoms with Gasteiger partial charge in [0.1, 0.15) is 6.04 Å². The van der Waals surface area contributed by atoms with E-state index in [0.717, 1.165) is 5.56 Å². The molecule has 4 nitrogen and oxygen atoms in total. The molecule has 96 valence electrons. The van der Waals surface area contributed by atoms with E-state index in [1.54, 1.807) is 29.9 Å². The van der Waals surface area contributed by atoms with E-state index >= 15 is 0 Å². The second kappa shape index (κ2) is 5.84. The van der Waals surface area contributed by atoms with Crippen LogP contribution in [0.4, 0.5) is 0 Å². The SMILES string of the molecule is Cc1ccsc1CNC(Cc1ccoc1)C(=O)O. The van der Waals surface area contributed by atoms with Crippen molar-refractivity contribution in [2.24, 2.45) is 0 Å². The summed E-state index contributed by atoms with van der Waals surface area (Å²) < 4.78 is 4.95. The van der Waals surface area contributed by atoms with Crippen LogP contribution in [0.5, 0.6) is 0 Å². The van der Waals surface area contributed by atoms with Crippen LogP contribution in [0.1, 0.15) is 16.0 Å². The molecule has 0 aromatic carbocycles. The zero-order valence-electron chi connectivity index (χ0n) is 10.1. The van der Waals surface area contributed by atoms with Gasteiger partial charge in [0, 0.05) is 17.8 Å². The number of aliphatic carboxylic acids is 1. The van der Waals surface area contributed by atoms with Crippen molar-refractivity contribution in [3.8, 4) is 0 Å². The Kier molecular flexibility index (Phi) is 4.17. The lowest BCUT2D eigenvalue weighted by Gasteiger charge is -2.13. The number of aryl methyl sites for hydroxylation is 1. The smallest absolute Gasteiger partial charge is 0.321 e. The van der Waals surface area contributed by atoms with Crippen LogP contribution in [0, 0.1) is 6.92 Å². The molecule has 0 aliphatic carbocycles. The monoisotopic (exact) mass is 265 g/mol. The predicted octanol–water partition coefficient (Wildman–Crippen LogP) is 2.44. The second-order valence-corrected chi connectivity index (χ2v) is 5.13. The van der Waals surface area contributed by atoms with Gasteiger partial charge in [0.25, 0.3) is 0 Å². The molecule has 0 aliphatic rings. The van der Waals surface area contributed by atoms with E-state index in [-0.39, 0.29) is 0 Å². The van der Waals surface area contributed by atoms with Crippen LogP contribution in [0.3, 0.4) is 0 Å². The average Bonchev–Trinajstić information content (AvgIpc) is 2.96. The lowest BCUT2D eigenvalue weighted by Crippen LogP contribution is -2.37. The summed E-state index contributed by atoms with van der Waals surface area (Å²) in [4.78, 5) is 12.4. The third kappa shape index (κ3) is 3.21. The molecule has 2 aromatic heterocycles. The van der Waals surface area contributed by atoms with Crippen LogP contribution in [0.25, 0.3) is 0 Å². The van der Waals surface area contributed by atoms with E-state index in [9.17, 15) is 9.90 Å². The molecule has 0 aliphatic heterocycles. The number of hydrogen-bond acceptors (Lipinski definition) is 4. The largest absolute Gasteiger partial charge is 0.480 e. The predicted molar refractivity (Wildman–Crippen MR) is 69.7 cm³/mol. The zero-order chi connectivity index (χ0) is 13.0. The maximum atomic E-state index is 11.2. The minimum Gasteiger partial charge on any atom is -0.480 e. The third-order valence-corrected chi connectivity index (χ3v) is 3.82. The molecule has 2 aromatic rings. The molecule has 2 heterocycles. The van der Waals surface area contributed by atoms with Crippen LogP contribution < -0.4 is 5.32 Å². The number of rotatable bonds is 6. The Morgan fingerprint density at radius 2 is 2.39 bits per heavy atom. The molecular weight excluding hydrogens is 250 g/mol. The van der Waals surface area contributed by atoms with Crippen molar-refractivity contribution >= 4 is 17.3 Å². The molecule has 0 fully saturated rings. The van der Waals surface area contributed by atoms with Crippen molar-refractivity contribution in [2.75, 3.05) is 0 Å². The molecule has 2 N–H and O–H groups in total. The molecule has 1 atom stereocenters. The summed E-state index contributed by atoms with van der Waals surface area (Å²) in [5.41, 5.74) is 2.08. The van der Waals surface area contributed by atoms with Crippen molar-refractivity contribution in [3.63, 3.8) is 0 Å². The van der Waals surface area contributed by atoms with E-state index in [1.807, 2.05) is 18.4 Å². The Morgan fingerprint density at radius 3 is 2.94 bits per heavy atom. The zero-order valence-corrected chi connectivity index (χ0v) is 10.9. The van der Waals surface area contributed by atoms with Gasteiger partial charge in [-0.25, -0.2) is 0 Å². The highest BCUT2D eigenvalue weighted by Gasteiger charge is 2.18. The van der Waals surface area contributed by atoms with Gasteiger partial charge in [-0.2, -0.15) is 0 Å². The Morgan fingerprint density at radius 1 is 1.56 bits per heavy atom. The van der Waals surface area contributed by atoms with Gasteiger partial charge in [0.05, 0.1) is 12.5 Å². The molecule has 0 saturated carbocycles. The lowest BCUT2D eigenvalue weighted by atomic mass is 10.1. The van der Waals surface area contributed by atoms with Crippen LogP contribution >= 0.6 is 11.3 Å². The molecule has 0 bridgehead atoms. The minimum atomic E-state index is -0.842. The van der Waals surface area contributed by atoms with Crippen LogP contribution in [0.15, 0.2) is 34.5 Å². The third-order valence-electron chi connectivity index (χ3n) is 2.80. The molecule has 5 heteroatoms. The second-order valence-electron chi connectivity index (χ2n) is 4.13. The number of thiophene rings is 1. The van der Waals surface area contributed by atoms with Gasteiger partial charge >= 0.3 is 5.97 Å². The maximum absolute atomic E-state index is 11.2. The topological polar surface area (TPSA) is 62.5 Å². The summed E-state index contributed by atoms with van der Waals surface area (Å²) >= 11 is 1.64. The van der Waals surface area contributed by atoms with E-state index in [2.05, 4.69) is 5.32 Å². The average molecular weight is 265 g/mol. The van der Waals surface area contributed by atoms with Gasteiger partial charge in [-0.1, -0.05) is 0 Å². The highest BCUT2D eigenvalue weighted by molar-refractivity contribution is 7.10. The quantitative estimate of drug-likeness (QED) is 0.842. The van der Waals surface area contributed by atoms with Gasteiger partial charge in [0.15, 0.2) is 0 Å². The van der Waals surface area contributed by atoms with Crippen molar-refractivity contribution in [1.29, 1.82) is 0 Å². The van der Waals surface area contributed by atoms with Gasteiger partial charge in [0.2, 0.25) is 0 Å². The summed E-state index contributed by atoms with van der Waals surface area (Å²) in [5.74, 6) is -0.842. The van der Waals surface area contributed by atoms with Gasteiger partial charge in [-0.05, 0) is 35.6 Å². The van der Waals surface area contributed by atoms with E-state index in [1.165, 1.54) is 10.4 Å². The molecule has 0 saturated heterocycles. The highest BCUT2D eigenvalue weighted by Crippen LogP contribution is 2.15. The first-order valence-corrected chi connectivity index (χ1v) is 6.55. The Balaban J connectivity index is 1.95. The number of carboxylic acid groups (broad SMARTS) is 1. The molecule has 18 heavy (non-hydrogen) atoms. The fraction of sp³-hybridized carbons (Fsp3) is 0.308. The highest BCUT2D eigenvalue weighted by atomic mass is 32.1. The molecule has 2 rings (SSSR count). The van der Waals surface area contributed by atoms with Crippen LogP contribution in [-0.2, 0) is 17.8 Å². The molecule has 1 unspecified atom stereocenters. The summed E-state index contributed by atoms with van der Waals surface area (Å²) in [6, 6.07) is 3.23. The Bertz CT molecular complexity index is 504. The summed E-state index contributed by atoms with van der Waals surface area (Å²) in [6.07, 6.45) is 3.56. The minimum absolute atomic E-state index is 0.427. The summed E-state index contributed by atoms with van der Waals surface area (Å²) in [6.45, 7) is 2.61. The first-order chi connectivity index (χ1) is 8.66. The molecule has 0 radical (unpaired) electrons. The first kappa shape index (κ1) is 12.9. The lowest BCUT2D eigenvalue weighted by molar-refractivity contribution is -0.139. The number of carboxylic acids is 1. The maximum Gasteiger partial charge on any atom is 0.321 e. The number of furan rings is 1. The van der Waals surface area contributed by atoms with Gasteiger partial charge in [-0.3, -0.25) is 10.1 Å². The van der Waals surface area contributed by atoms with E-state index in [0.29, 0.717) is 13.0 Å². The summed E-state index contributed by atoms with van der Waals surface area (Å²) in [5, 5.41) is 14.3. The van der Waals surface area contributed by atoms with Crippen LogP contribution in [0.2, 0.25) is 0 Å². The van der Waals surface area contributed by atoms with Crippen molar-refractivity contribution in [2.45, 2.75) is 25.9 Å². The standard InChI is InChI=1S/C13H15NO3S/c1-9-3-5-18-12(9)7-14-11(13(15)16)6-10-2-4-17-8-10/h2-5,8,11,14H,6-7H2,1H3,(H,15,16). The number of nitrogens with one attached hydrogen (secondary N) is 1. The normalized spacial score (nSPS) is 12.5. The Hall–Kier alpha value is -1.59. The summed E-state index contributed by atoms with van der Waals surface area (Å²) in [7, 11) is 0. The first-order valence-electron chi connectivity index (χ1n) is 5.67. The molecule has 0 spiro atoms. The van der Waals surface area contributed by atoms with E-state index in [4.69, 9.17) is 4.42 Å². The van der Waals surface area contributed by atoms with Gasteiger partial charge in [-0.15, -0.1) is 11.3 Å². The van der Waals surface area contributed by atoms with E-state index < -0.39 is 12.0 Å². The molecule has 0 amide bonds. The van der Waals surface area contributed by atoms with Crippen molar-refractivity contribution < 1.29 is 14.3 Å². The number of hydrogen-bond donors (Lipinski definition) is 2. The van der Waals surface area contributed by atoms with Crippen LogP contribution in [-0.4, -0.2) is 17.1 Å². The molecular formula is C13H15NO3S. The fourth-order valence-electron chi connectivity index (χ4n) is 1.69. The van der Waals surface area contributed by atoms with Crippen molar-refractivity contribution in [1.82, 2.24) is 5.32 Å². The fourth-order valence-corrected chi connectivity index (χ4v) is 2.55. The Labute approximate surface area is 109 Å².